The summed E-state index contributed by atoms with van der Waals surface area (Å²) in [6.45, 7) is 2.14. The molecule has 1 fully saturated rings. The van der Waals surface area contributed by atoms with Crippen molar-refractivity contribution in [2.45, 2.75) is 38.6 Å². The van der Waals surface area contributed by atoms with E-state index in [1.54, 1.807) is 31.4 Å². The van der Waals surface area contributed by atoms with Crippen LogP contribution in [0.15, 0.2) is 23.8 Å². The van der Waals surface area contributed by atoms with Crippen LogP contribution in [0.3, 0.4) is 0 Å². The number of hydrogen-bond donors (Lipinski definition) is 1. The van der Waals surface area contributed by atoms with Crippen molar-refractivity contribution in [3.8, 4) is 17.6 Å². The summed E-state index contributed by atoms with van der Waals surface area (Å²) in [4.78, 5) is 12.5. The van der Waals surface area contributed by atoms with Gasteiger partial charge in [0.05, 0.1) is 14.2 Å². The number of benzene rings is 1. The number of carbonyl (C=O) groups excluding carboxylic acids is 1. The average molecular weight is 328 g/mol. The lowest BCUT2D eigenvalue weighted by molar-refractivity contribution is -0.118. The molecule has 0 aromatic heterocycles. The highest BCUT2D eigenvalue weighted by atomic mass is 16.5. The highest BCUT2D eigenvalue weighted by Crippen LogP contribution is 2.32. The minimum absolute atomic E-state index is 0.0688. The Kier molecular flexibility index (Phi) is 6.25. The second kappa shape index (κ2) is 8.39. The Balaban J connectivity index is 2.23. The molecular formula is C19H24N2O3. The van der Waals surface area contributed by atoms with Gasteiger partial charge in [-0.15, -0.1) is 0 Å². The van der Waals surface area contributed by atoms with Crippen molar-refractivity contribution in [1.29, 1.82) is 5.26 Å². The summed E-state index contributed by atoms with van der Waals surface area (Å²) < 4.78 is 10.6. The number of nitriles is 1. The van der Waals surface area contributed by atoms with Crippen LogP contribution in [0.2, 0.25) is 0 Å². The van der Waals surface area contributed by atoms with Crippen molar-refractivity contribution in [2.24, 2.45) is 5.92 Å². The lowest BCUT2D eigenvalue weighted by atomic mass is 9.86. The fourth-order valence-electron chi connectivity index (χ4n) is 3.11. The molecule has 5 heteroatoms. The molecule has 1 saturated carbocycles. The van der Waals surface area contributed by atoms with Crippen LogP contribution in [0, 0.1) is 17.2 Å². The zero-order valence-corrected chi connectivity index (χ0v) is 14.5. The minimum Gasteiger partial charge on any atom is -0.493 e. The third kappa shape index (κ3) is 4.08. The molecule has 128 valence electrons. The van der Waals surface area contributed by atoms with Crippen LogP contribution in [0.4, 0.5) is 0 Å². The average Bonchev–Trinajstić information content (AvgIpc) is 2.60. The molecule has 0 heterocycles. The summed E-state index contributed by atoms with van der Waals surface area (Å²) in [5.74, 6) is 1.17. The van der Waals surface area contributed by atoms with E-state index in [1.165, 1.54) is 13.5 Å². The highest BCUT2D eigenvalue weighted by molar-refractivity contribution is 6.02. The van der Waals surface area contributed by atoms with E-state index in [4.69, 9.17) is 9.47 Å². The maximum atomic E-state index is 12.5. The molecule has 1 amide bonds. The van der Waals surface area contributed by atoms with Gasteiger partial charge in [-0.2, -0.15) is 5.26 Å². The van der Waals surface area contributed by atoms with Crippen LogP contribution in [-0.2, 0) is 4.79 Å². The smallest absolute Gasteiger partial charge is 0.262 e. The van der Waals surface area contributed by atoms with E-state index < -0.39 is 0 Å². The Labute approximate surface area is 143 Å². The van der Waals surface area contributed by atoms with Gasteiger partial charge in [-0.1, -0.05) is 31.9 Å². The maximum Gasteiger partial charge on any atom is 0.262 e. The third-order valence-corrected chi connectivity index (χ3v) is 4.53. The number of hydrogen-bond acceptors (Lipinski definition) is 4. The Morgan fingerprint density at radius 3 is 2.67 bits per heavy atom. The van der Waals surface area contributed by atoms with Crippen molar-refractivity contribution in [2.75, 3.05) is 14.2 Å². The van der Waals surface area contributed by atoms with Crippen LogP contribution in [-0.4, -0.2) is 26.2 Å². The first kappa shape index (κ1) is 17.9. The van der Waals surface area contributed by atoms with Gasteiger partial charge in [0.25, 0.3) is 5.91 Å². The Morgan fingerprint density at radius 1 is 1.29 bits per heavy atom. The van der Waals surface area contributed by atoms with Crippen molar-refractivity contribution in [1.82, 2.24) is 5.32 Å². The number of nitrogens with one attached hydrogen (secondary N) is 1. The predicted octanol–water partition coefficient (Wildman–Crippen LogP) is 3.31. The molecule has 1 N–H and O–H groups in total. The summed E-state index contributed by atoms with van der Waals surface area (Å²) >= 11 is 0. The van der Waals surface area contributed by atoms with Crippen LogP contribution in [0.1, 0.15) is 38.2 Å². The van der Waals surface area contributed by atoms with E-state index in [9.17, 15) is 10.1 Å². The first-order valence-electron chi connectivity index (χ1n) is 8.24. The zero-order valence-electron chi connectivity index (χ0n) is 14.5. The number of carbonyl (C=O) groups is 1. The fourth-order valence-corrected chi connectivity index (χ4v) is 3.11. The lowest BCUT2D eigenvalue weighted by Crippen LogP contribution is -2.41. The molecule has 2 rings (SSSR count). The number of ether oxygens (including phenoxy) is 2. The van der Waals surface area contributed by atoms with E-state index in [1.807, 2.05) is 6.07 Å². The molecule has 24 heavy (non-hydrogen) atoms. The molecular weight excluding hydrogens is 304 g/mol. The molecule has 1 aliphatic rings. The molecule has 0 bridgehead atoms. The van der Waals surface area contributed by atoms with Gasteiger partial charge >= 0.3 is 0 Å². The number of nitrogens with zero attached hydrogens (tertiary/aromatic N) is 1. The van der Waals surface area contributed by atoms with Crippen LogP contribution in [0.5, 0.6) is 11.5 Å². The second-order valence-electron chi connectivity index (χ2n) is 6.09. The quantitative estimate of drug-likeness (QED) is 0.665. The first-order valence-corrected chi connectivity index (χ1v) is 8.24. The minimum atomic E-state index is -0.332. The summed E-state index contributed by atoms with van der Waals surface area (Å²) in [5.41, 5.74) is 0.708. The summed E-state index contributed by atoms with van der Waals surface area (Å²) in [7, 11) is 3.08. The van der Waals surface area contributed by atoms with Gasteiger partial charge in [-0.05, 0) is 30.9 Å². The number of para-hydroxylation sites is 1. The topological polar surface area (TPSA) is 71.3 Å². The molecule has 0 radical (unpaired) electrons. The van der Waals surface area contributed by atoms with Gasteiger partial charge < -0.3 is 14.8 Å². The predicted molar refractivity (Wildman–Crippen MR) is 92.7 cm³/mol. The van der Waals surface area contributed by atoms with Crippen molar-refractivity contribution in [3.05, 3.63) is 29.3 Å². The van der Waals surface area contributed by atoms with Crippen molar-refractivity contribution >= 4 is 12.0 Å². The Bertz CT molecular complexity index is 661. The van der Waals surface area contributed by atoms with Crippen LogP contribution in [0.25, 0.3) is 6.08 Å². The summed E-state index contributed by atoms with van der Waals surface area (Å²) in [5, 5.41) is 12.4. The second-order valence-corrected chi connectivity index (χ2v) is 6.09. The van der Waals surface area contributed by atoms with Gasteiger partial charge in [0.15, 0.2) is 11.5 Å². The number of rotatable bonds is 5. The molecule has 1 aromatic rings. The van der Waals surface area contributed by atoms with Gasteiger partial charge in [-0.3, -0.25) is 4.79 Å². The van der Waals surface area contributed by atoms with E-state index in [0.29, 0.717) is 23.0 Å². The van der Waals surface area contributed by atoms with Crippen molar-refractivity contribution < 1.29 is 14.3 Å². The van der Waals surface area contributed by atoms with E-state index >= 15 is 0 Å². The zero-order chi connectivity index (χ0) is 17.5. The van der Waals surface area contributed by atoms with E-state index in [2.05, 4.69) is 12.2 Å². The molecule has 1 aromatic carbocycles. The van der Waals surface area contributed by atoms with Gasteiger partial charge in [0.2, 0.25) is 0 Å². The number of amides is 1. The Morgan fingerprint density at radius 2 is 2.04 bits per heavy atom. The molecule has 5 nitrogen and oxygen atoms in total. The molecule has 2 atom stereocenters. The monoisotopic (exact) mass is 328 g/mol. The SMILES string of the molecule is COc1cccc(/C=C(\C#N)C(=O)N[C@H]2CCCC[C@@H]2C)c1OC. The number of methoxy groups -OCH3 is 2. The molecule has 0 unspecified atom stereocenters. The fraction of sp³-hybridized carbons (Fsp3) is 0.474. The van der Waals surface area contributed by atoms with E-state index in [0.717, 1.165) is 19.3 Å². The van der Waals surface area contributed by atoms with E-state index in [-0.39, 0.29) is 17.5 Å². The first-order chi connectivity index (χ1) is 11.6. The Hall–Kier alpha value is -2.48. The highest BCUT2D eigenvalue weighted by Gasteiger charge is 2.24. The largest absolute Gasteiger partial charge is 0.493 e. The summed E-state index contributed by atoms with van der Waals surface area (Å²) in [6, 6.07) is 7.48. The normalized spacial score (nSPS) is 20.8. The van der Waals surface area contributed by atoms with Crippen LogP contribution >= 0.6 is 0 Å². The lowest BCUT2D eigenvalue weighted by Gasteiger charge is -2.29. The third-order valence-electron chi connectivity index (χ3n) is 4.53. The van der Waals surface area contributed by atoms with Gasteiger partial charge in [0.1, 0.15) is 11.6 Å². The molecule has 1 aliphatic carbocycles. The van der Waals surface area contributed by atoms with Gasteiger partial charge in [-0.25, -0.2) is 0 Å². The van der Waals surface area contributed by atoms with Gasteiger partial charge in [0, 0.05) is 11.6 Å². The molecule has 0 spiro atoms. The molecule has 0 aliphatic heterocycles. The van der Waals surface area contributed by atoms with Crippen molar-refractivity contribution in [3.63, 3.8) is 0 Å². The maximum absolute atomic E-state index is 12.5. The summed E-state index contributed by atoms with van der Waals surface area (Å²) in [6.07, 6.45) is 5.94. The van der Waals surface area contributed by atoms with Crippen LogP contribution < -0.4 is 14.8 Å². The standard InChI is InChI=1S/C19H24N2O3/c1-13-7-4-5-9-16(13)21-19(22)15(12-20)11-14-8-6-10-17(23-2)18(14)24-3/h6,8,10-11,13,16H,4-5,7,9H2,1-3H3,(H,21,22)/b15-11+/t13-,16-/m0/s1. The molecule has 0 saturated heterocycles.